The van der Waals surface area contributed by atoms with Crippen LogP contribution in [0.4, 0.5) is 34.1 Å². The summed E-state index contributed by atoms with van der Waals surface area (Å²) in [5.74, 6) is 0. The zero-order valence-corrected chi connectivity index (χ0v) is 52.2. The van der Waals surface area contributed by atoms with Gasteiger partial charge in [0.25, 0.3) is 6.71 Å². The second kappa shape index (κ2) is 17.4. The molecule has 4 heteroatoms. The van der Waals surface area contributed by atoms with Crippen LogP contribution in [0.5, 0.6) is 0 Å². The van der Waals surface area contributed by atoms with Crippen molar-refractivity contribution < 1.29 is 0 Å². The third kappa shape index (κ3) is 7.91. The number of fused-ring (bicyclic) bond motifs is 11. The highest BCUT2D eigenvalue weighted by molar-refractivity contribution is 7.26. The maximum absolute atomic E-state index is 2.78. The molecule has 0 radical (unpaired) electrons. The van der Waals surface area contributed by atoms with Crippen molar-refractivity contribution in [2.24, 2.45) is 0 Å². The van der Waals surface area contributed by atoms with Gasteiger partial charge in [-0.2, -0.15) is 0 Å². The molecule has 2 aliphatic heterocycles. The summed E-state index contributed by atoms with van der Waals surface area (Å²) in [5.41, 5.74) is 28.8. The first kappa shape index (κ1) is 52.7. The molecule has 0 unspecified atom stereocenters. The Bertz CT molecular complexity index is 4130. The van der Waals surface area contributed by atoms with Crippen LogP contribution in [0.2, 0.25) is 0 Å². The molecule has 3 heterocycles. The topological polar surface area (TPSA) is 6.48 Å². The predicted molar refractivity (Wildman–Crippen MR) is 354 cm³/mol. The molecule has 5 aliphatic rings. The molecule has 14 rings (SSSR count). The fraction of sp³-hybridized carbons (Fsp3) is 0.377. The predicted octanol–water partition coefficient (Wildman–Crippen LogP) is 20.1. The summed E-state index contributed by atoms with van der Waals surface area (Å²) in [4.78, 5) is 5.53. The summed E-state index contributed by atoms with van der Waals surface area (Å²) in [7, 11) is 0. The van der Waals surface area contributed by atoms with E-state index in [4.69, 9.17) is 0 Å². The van der Waals surface area contributed by atoms with Crippen molar-refractivity contribution in [2.45, 2.75) is 187 Å². The first-order chi connectivity index (χ1) is 38.2. The molecule has 0 amide bonds. The van der Waals surface area contributed by atoms with Gasteiger partial charge in [0.05, 0.1) is 16.1 Å². The van der Waals surface area contributed by atoms with Crippen molar-refractivity contribution in [3.8, 4) is 22.3 Å². The van der Waals surface area contributed by atoms with Crippen molar-refractivity contribution >= 4 is 88.7 Å². The summed E-state index contributed by atoms with van der Waals surface area (Å²) >= 11 is 2.03. The van der Waals surface area contributed by atoms with Gasteiger partial charge in [0.1, 0.15) is 0 Å². The maximum Gasteiger partial charge on any atom is 0.252 e. The minimum Gasteiger partial charge on any atom is -0.311 e. The number of benzene rings is 8. The number of rotatable bonds is 4. The molecule has 1 aromatic heterocycles. The molecular weight excluding hydrogens is 996 g/mol. The van der Waals surface area contributed by atoms with Crippen LogP contribution in [-0.4, -0.2) is 6.71 Å². The van der Waals surface area contributed by atoms with Gasteiger partial charge in [-0.1, -0.05) is 189 Å². The van der Waals surface area contributed by atoms with E-state index in [0.717, 1.165) is 19.3 Å². The Morgan fingerprint density at radius 3 is 1.60 bits per heavy atom. The monoisotopic (exact) mass is 1080 g/mol. The lowest BCUT2D eigenvalue weighted by Gasteiger charge is -2.48. The van der Waals surface area contributed by atoms with Gasteiger partial charge in [-0.15, -0.1) is 11.3 Å². The van der Waals surface area contributed by atoms with E-state index in [-0.39, 0.29) is 44.6 Å². The average molecular weight is 1080 g/mol. The van der Waals surface area contributed by atoms with Gasteiger partial charge in [0.15, 0.2) is 0 Å². The normalized spacial score (nSPS) is 19.3. The molecule has 8 aromatic carbocycles. The highest BCUT2D eigenvalue weighted by Crippen LogP contribution is 2.57. The summed E-state index contributed by atoms with van der Waals surface area (Å²) < 4.78 is 2.76. The van der Waals surface area contributed by atoms with E-state index in [1.165, 1.54) is 157 Å². The Kier molecular flexibility index (Phi) is 11.3. The Morgan fingerprint density at radius 1 is 0.420 bits per heavy atom. The molecule has 3 aliphatic carbocycles. The molecule has 0 fully saturated rings. The first-order valence-electron chi connectivity index (χ1n) is 30.6. The highest BCUT2D eigenvalue weighted by Gasteiger charge is 2.49. The summed E-state index contributed by atoms with van der Waals surface area (Å²) in [6, 6.07) is 56.4. The van der Waals surface area contributed by atoms with Crippen LogP contribution in [0.1, 0.15) is 187 Å². The molecule has 81 heavy (non-hydrogen) atoms. The molecule has 410 valence electrons. The molecule has 9 aromatic rings. The van der Waals surface area contributed by atoms with E-state index in [2.05, 4.69) is 260 Å². The Balaban J connectivity index is 1.17. The third-order valence-corrected chi connectivity index (χ3v) is 22.5. The van der Waals surface area contributed by atoms with E-state index in [1.807, 2.05) is 11.3 Å². The van der Waals surface area contributed by atoms with Gasteiger partial charge in [-0.05, 0) is 216 Å². The number of aryl methyl sites for hydroxylation is 1. The van der Waals surface area contributed by atoms with Crippen LogP contribution in [-0.2, 0) is 37.9 Å². The molecule has 0 bridgehead atoms. The van der Waals surface area contributed by atoms with Crippen molar-refractivity contribution in [3.05, 3.63) is 184 Å². The van der Waals surface area contributed by atoms with Crippen molar-refractivity contribution in [1.82, 2.24) is 0 Å². The van der Waals surface area contributed by atoms with Gasteiger partial charge in [0, 0.05) is 43.8 Å². The average Bonchev–Trinajstić information content (AvgIpc) is 4.07. The molecule has 2 nitrogen and oxygen atoms in total. The number of thiophene rings is 1. The standard InChI is InChI=1S/C77H83BN2S/c1-46-22-20-21-25-51(46)48-38-65-68-66(39-48)80(63-31-26-49(71(2,3)4)40-53(63)47-23-18-17-19-24-47)69-61(30-28-52-54-42-57-60(45-67(54)81-70(52)69)77(15,16)37-34-74(57,9)10)78(68)62-43-58-59(76(13,14)36-35-75(58,11)12)44-64(62)79(65)50-27-29-55-56(41-50)73(7,8)33-32-72(55,5)6/h17-31,38-45H,32-37H2,1-16H3. The van der Waals surface area contributed by atoms with Crippen LogP contribution in [0.3, 0.4) is 0 Å². The van der Waals surface area contributed by atoms with Crippen LogP contribution in [0.15, 0.2) is 140 Å². The molecule has 0 saturated carbocycles. The minimum absolute atomic E-state index is 0.0156. The maximum atomic E-state index is 2.78. The number of hydrogen-bond donors (Lipinski definition) is 0. The van der Waals surface area contributed by atoms with Gasteiger partial charge in [0.2, 0.25) is 0 Å². The lowest BCUT2D eigenvalue weighted by atomic mass is 9.33. The van der Waals surface area contributed by atoms with Gasteiger partial charge < -0.3 is 9.80 Å². The van der Waals surface area contributed by atoms with E-state index < -0.39 is 0 Å². The van der Waals surface area contributed by atoms with Crippen molar-refractivity contribution in [3.63, 3.8) is 0 Å². The second-order valence-electron chi connectivity index (χ2n) is 30.6. The molecule has 0 N–H and O–H groups in total. The van der Waals surface area contributed by atoms with Crippen molar-refractivity contribution in [2.75, 3.05) is 9.80 Å². The van der Waals surface area contributed by atoms with Crippen LogP contribution < -0.4 is 26.2 Å². The van der Waals surface area contributed by atoms with Gasteiger partial charge >= 0.3 is 0 Å². The fourth-order valence-electron chi connectivity index (χ4n) is 15.8. The Labute approximate surface area is 489 Å². The quantitative estimate of drug-likeness (QED) is 0.162. The summed E-state index contributed by atoms with van der Waals surface area (Å²) in [5, 5.41) is 2.75. The number of hydrogen-bond acceptors (Lipinski definition) is 3. The second-order valence-corrected chi connectivity index (χ2v) is 31.6. The lowest BCUT2D eigenvalue weighted by molar-refractivity contribution is 0.332. The first-order valence-corrected chi connectivity index (χ1v) is 31.4. The number of anilines is 6. The van der Waals surface area contributed by atoms with Crippen molar-refractivity contribution in [1.29, 1.82) is 0 Å². The van der Waals surface area contributed by atoms with Gasteiger partial charge in [-0.25, -0.2) is 0 Å². The van der Waals surface area contributed by atoms with Crippen LogP contribution in [0.25, 0.3) is 42.4 Å². The van der Waals surface area contributed by atoms with Crippen LogP contribution >= 0.6 is 11.3 Å². The largest absolute Gasteiger partial charge is 0.311 e. The molecule has 0 atom stereocenters. The summed E-state index contributed by atoms with van der Waals surface area (Å²) in [6.07, 6.45) is 7.06. The Morgan fingerprint density at radius 2 is 0.975 bits per heavy atom. The van der Waals surface area contributed by atoms with E-state index >= 15 is 0 Å². The van der Waals surface area contributed by atoms with Crippen LogP contribution in [0, 0.1) is 6.92 Å². The fourth-order valence-corrected chi connectivity index (χ4v) is 17.0. The van der Waals surface area contributed by atoms with E-state index in [0.29, 0.717) is 0 Å². The highest BCUT2D eigenvalue weighted by atomic mass is 32.1. The van der Waals surface area contributed by atoms with E-state index in [1.54, 1.807) is 0 Å². The zero-order valence-electron chi connectivity index (χ0n) is 51.4. The smallest absolute Gasteiger partial charge is 0.252 e. The molecule has 0 spiro atoms. The summed E-state index contributed by atoms with van der Waals surface area (Å²) in [6.45, 7) is 39.2. The minimum atomic E-state index is -0.0549. The SMILES string of the molecule is Cc1ccccc1-c1cc2c3c(c1)N(c1ccc(C(C)(C)C)cc1-c1ccccc1)c1c(ccc4c1sc1cc5c(cc14)C(C)(C)CCC5(C)C)B3c1cc3c(cc1N2c1ccc2c(c1)C(C)(C)CCC2(C)C)C(C)(C)CCC3(C)C. The number of nitrogens with zero attached hydrogens (tertiary/aromatic N) is 2. The molecule has 0 saturated heterocycles. The van der Waals surface area contributed by atoms with Gasteiger partial charge in [-0.3, -0.25) is 0 Å². The Hall–Kier alpha value is -6.36. The lowest BCUT2D eigenvalue weighted by Crippen LogP contribution is -2.62. The van der Waals surface area contributed by atoms with E-state index in [9.17, 15) is 0 Å². The zero-order chi connectivity index (χ0) is 56.9. The molecular formula is C77H83BN2S. The third-order valence-electron chi connectivity index (χ3n) is 21.4.